The van der Waals surface area contributed by atoms with E-state index in [0.29, 0.717) is 18.5 Å². The Morgan fingerprint density at radius 1 is 1.23 bits per heavy atom. The Balaban J connectivity index is 1.55. The van der Waals surface area contributed by atoms with Crippen molar-refractivity contribution in [2.24, 2.45) is 5.73 Å². The zero-order chi connectivity index (χ0) is 18.1. The molecule has 0 radical (unpaired) electrons. The minimum atomic E-state index is -0.755. The zero-order valence-corrected chi connectivity index (χ0v) is 13.9. The number of aromatic nitrogens is 2. The summed E-state index contributed by atoms with van der Waals surface area (Å²) < 4.78 is 5.39. The van der Waals surface area contributed by atoms with Gasteiger partial charge in [-0.15, -0.1) is 0 Å². The van der Waals surface area contributed by atoms with Crippen LogP contribution in [0.4, 0.5) is 10.5 Å². The minimum absolute atomic E-state index is 0.100. The van der Waals surface area contributed by atoms with E-state index in [1.807, 2.05) is 12.1 Å². The number of urea groups is 1. The van der Waals surface area contributed by atoms with Gasteiger partial charge in [-0.3, -0.25) is 9.78 Å². The fourth-order valence-corrected chi connectivity index (χ4v) is 3.27. The molecule has 1 saturated heterocycles. The van der Waals surface area contributed by atoms with E-state index in [1.54, 1.807) is 35.6 Å². The SMILES string of the molecule is NC(=O)c1oc2ncccc2c1NC(=O)N1CCC(c2ccncc2)C1. The van der Waals surface area contributed by atoms with Gasteiger partial charge in [0, 0.05) is 37.6 Å². The number of rotatable bonds is 3. The number of furan rings is 1. The second-order valence-corrected chi connectivity index (χ2v) is 6.17. The van der Waals surface area contributed by atoms with Gasteiger partial charge in [-0.05, 0) is 36.2 Å². The average molecular weight is 351 g/mol. The average Bonchev–Trinajstić information content (AvgIpc) is 3.28. The lowest BCUT2D eigenvalue weighted by atomic mass is 10.00. The van der Waals surface area contributed by atoms with E-state index in [0.717, 1.165) is 12.0 Å². The Morgan fingerprint density at radius 3 is 2.81 bits per heavy atom. The Bertz CT molecular complexity index is 969. The second kappa shape index (κ2) is 6.47. The van der Waals surface area contributed by atoms with Crippen molar-refractivity contribution in [2.45, 2.75) is 12.3 Å². The predicted octanol–water partition coefficient (Wildman–Crippen LogP) is 2.34. The number of carbonyl (C=O) groups is 2. The molecule has 3 aromatic rings. The van der Waals surface area contributed by atoms with Crippen molar-refractivity contribution in [2.75, 3.05) is 18.4 Å². The molecule has 8 heteroatoms. The van der Waals surface area contributed by atoms with Crippen LogP contribution in [-0.4, -0.2) is 39.9 Å². The monoisotopic (exact) mass is 351 g/mol. The number of hydrogen-bond donors (Lipinski definition) is 2. The van der Waals surface area contributed by atoms with Crippen LogP contribution in [0.25, 0.3) is 11.1 Å². The van der Waals surface area contributed by atoms with Crippen molar-refractivity contribution in [3.63, 3.8) is 0 Å². The third-order valence-corrected chi connectivity index (χ3v) is 4.57. The first-order valence-corrected chi connectivity index (χ1v) is 8.26. The molecule has 132 valence electrons. The maximum Gasteiger partial charge on any atom is 0.321 e. The summed E-state index contributed by atoms with van der Waals surface area (Å²) in [6.45, 7) is 1.22. The van der Waals surface area contributed by atoms with Gasteiger partial charge in [0.25, 0.3) is 5.91 Å². The first-order chi connectivity index (χ1) is 12.6. The van der Waals surface area contributed by atoms with Crippen LogP contribution in [0.15, 0.2) is 47.3 Å². The van der Waals surface area contributed by atoms with Crippen LogP contribution in [0.3, 0.4) is 0 Å². The predicted molar refractivity (Wildman–Crippen MR) is 94.7 cm³/mol. The number of nitrogens with two attached hydrogens (primary N) is 1. The zero-order valence-electron chi connectivity index (χ0n) is 13.9. The number of nitrogens with one attached hydrogen (secondary N) is 1. The molecule has 0 aliphatic carbocycles. The maximum atomic E-state index is 12.7. The molecule has 3 N–H and O–H groups in total. The molecule has 26 heavy (non-hydrogen) atoms. The van der Waals surface area contributed by atoms with Crippen LogP contribution in [0, 0.1) is 0 Å². The van der Waals surface area contributed by atoms with Crippen molar-refractivity contribution < 1.29 is 14.0 Å². The molecule has 0 spiro atoms. The third-order valence-electron chi connectivity index (χ3n) is 4.57. The normalized spacial score (nSPS) is 16.8. The molecule has 0 aromatic carbocycles. The van der Waals surface area contributed by atoms with Gasteiger partial charge >= 0.3 is 6.03 Å². The van der Waals surface area contributed by atoms with Crippen molar-refractivity contribution in [3.8, 4) is 0 Å². The highest BCUT2D eigenvalue weighted by atomic mass is 16.4. The van der Waals surface area contributed by atoms with E-state index in [1.165, 1.54) is 0 Å². The summed E-state index contributed by atoms with van der Waals surface area (Å²) in [5, 5.41) is 3.31. The topological polar surface area (TPSA) is 114 Å². The van der Waals surface area contributed by atoms with Gasteiger partial charge in [0.05, 0.1) is 5.39 Å². The number of pyridine rings is 2. The highest BCUT2D eigenvalue weighted by molar-refractivity contribution is 6.09. The summed E-state index contributed by atoms with van der Waals surface area (Å²) in [4.78, 5) is 34.1. The van der Waals surface area contributed by atoms with Crippen molar-refractivity contribution in [1.29, 1.82) is 0 Å². The van der Waals surface area contributed by atoms with Gasteiger partial charge in [-0.25, -0.2) is 9.78 Å². The number of nitrogens with zero attached hydrogens (tertiary/aromatic N) is 3. The second-order valence-electron chi connectivity index (χ2n) is 6.17. The highest BCUT2D eigenvalue weighted by Crippen LogP contribution is 2.31. The fraction of sp³-hybridized carbons (Fsp3) is 0.222. The van der Waals surface area contributed by atoms with Crippen LogP contribution < -0.4 is 11.1 Å². The van der Waals surface area contributed by atoms with E-state index in [9.17, 15) is 9.59 Å². The number of hydrogen-bond acceptors (Lipinski definition) is 5. The first-order valence-electron chi connectivity index (χ1n) is 8.26. The molecular weight excluding hydrogens is 334 g/mol. The summed E-state index contributed by atoms with van der Waals surface area (Å²) >= 11 is 0. The minimum Gasteiger partial charge on any atom is -0.430 e. The van der Waals surface area contributed by atoms with Crippen LogP contribution >= 0.6 is 0 Å². The lowest BCUT2D eigenvalue weighted by Crippen LogP contribution is -2.33. The van der Waals surface area contributed by atoms with Crippen LogP contribution in [0.5, 0.6) is 0 Å². The van der Waals surface area contributed by atoms with Gasteiger partial charge in [-0.1, -0.05) is 0 Å². The molecule has 3 amide bonds. The summed E-state index contributed by atoms with van der Waals surface area (Å²) in [5.74, 6) is -0.589. The van der Waals surface area contributed by atoms with Crippen LogP contribution in [0.1, 0.15) is 28.5 Å². The maximum absolute atomic E-state index is 12.7. The molecule has 4 rings (SSSR count). The van der Waals surface area contributed by atoms with E-state index >= 15 is 0 Å². The van der Waals surface area contributed by atoms with Crippen LogP contribution in [0.2, 0.25) is 0 Å². The molecule has 1 unspecified atom stereocenters. The lowest BCUT2D eigenvalue weighted by Gasteiger charge is -2.17. The lowest BCUT2D eigenvalue weighted by molar-refractivity contribution is 0.0977. The highest BCUT2D eigenvalue weighted by Gasteiger charge is 2.29. The first kappa shape index (κ1) is 16.1. The largest absolute Gasteiger partial charge is 0.430 e. The summed E-state index contributed by atoms with van der Waals surface area (Å²) in [5.41, 5.74) is 7.05. The summed E-state index contributed by atoms with van der Waals surface area (Å²) in [6.07, 6.45) is 5.92. The molecule has 1 aliphatic heterocycles. The van der Waals surface area contributed by atoms with Crippen molar-refractivity contribution in [3.05, 3.63) is 54.2 Å². The Morgan fingerprint density at radius 2 is 2.04 bits per heavy atom. The quantitative estimate of drug-likeness (QED) is 0.752. The van der Waals surface area contributed by atoms with Crippen molar-refractivity contribution in [1.82, 2.24) is 14.9 Å². The number of likely N-dealkylation sites (tertiary alicyclic amines) is 1. The number of fused-ring (bicyclic) bond motifs is 1. The van der Waals surface area contributed by atoms with E-state index in [2.05, 4.69) is 15.3 Å². The number of primary amides is 1. The molecule has 0 bridgehead atoms. The Labute approximate surface area is 149 Å². The standard InChI is InChI=1S/C18H17N5O3/c19-16(24)15-14(13-2-1-6-21-17(13)26-15)22-18(25)23-9-5-12(10-23)11-3-7-20-8-4-11/h1-4,6-8,12H,5,9-10H2,(H2,19,24)(H,22,25). The molecule has 0 saturated carbocycles. The summed E-state index contributed by atoms with van der Waals surface area (Å²) in [6, 6.07) is 7.06. The molecule has 1 atom stereocenters. The fourth-order valence-electron chi connectivity index (χ4n) is 3.27. The van der Waals surface area contributed by atoms with E-state index in [-0.39, 0.29) is 29.1 Å². The van der Waals surface area contributed by atoms with Gasteiger partial charge in [0.2, 0.25) is 11.5 Å². The number of carbonyl (C=O) groups excluding carboxylic acids is 2. The van der Waals surface area contributed by atoms with Gasteiger partial charge in [-0.2, -0.15) is 0 Å². The molecule has 8 nitrogen and oxygen atoms in total. The van der Waals surface area contributed by atoms with Crippen LogP contribution in [-0.2, 0) is 0 Å². The van der Waals surface area contributed by atoms with E-state index < -0.39 is 5.91 Å². The number of amides is 3. The Kier molecular flexibility index (Phi) is 4.00. The van der Waals surface area contributed by atoms with Gasteiger partial charge < -0.3 is 20.4 Å². The summed E-state index contributed by atoms with van der Waals surface area (Å²) in [7, 11) is 0. The molecule has 3 aromatic heterocycles. The van der Waals surface area contributed by atoms with Gasteiger partial charge in [0.1, 0.15) is 5.69 Å². The third kappa shape index (κ3) is 2.85. The molecule has 4 heterocycles. The van der Waals surface area contributed by atoms with E-state index in [4.69, 9.17) is 10.2 Å². The molecule has 1 aliphatic rings. The van der Waals surface area contributed by atoms with Gasteiger partial charge in [0.15, 0.2) is 0 Å². The molecular formula is C18H17N5O3. The number of anilines is 1. The smallest absolute Gasteiger partial charge is 0.321 e. The Hall–Kier alpha value is -3.42. The molecule has 1 fully saturated rings. The van der Waals surface area contributed by atoms with Crippen molar-refractivity contribution >= 4 is 28.7 Å².